The molecule has 1 aliphatic carbocycles. The molecule has 0 saturated carbocycles. The summed E-state index contributed by atoms with van der Waals surface area (Å²) in [6.07, 6.45) is 3.81. The van der Waals surface area contributed by atoms with E-state index in [9.17, 15) is 9.59 Å². The summed E-state index contributed by atoms with van der Waals surface area (Å²) in [6, 6.07) is 9.36. The number of carbonyl (C=O) groups excluding carboxylic acids is 2. The summed E-state index contributed by atoms with van der Waals surface area (Å²) in [5.74, 6) is -0.914. The number of para-hydroxylation sites is 1. The second-order valence-electron chi connectivity index (χ2n) is 6.73. The molecule has 2 heterocycles. The van der Waals surface area contributed by atoms with Gasteiger partial charge in [0.15, 0.2) is 0 Å². The van der Waals surface area contributed by atoms with E-state index >= 15 is 0 Å². The summed E-state index contributed by atoms with van der Waals surface area (Å²) in [7, 11) is 0. The van der Waals surface area contributed by atoms with Crippen LogP contribution in [-0.2, 0) is 12.8 Å². The van der Waals surface area contributed by atoms with E-state index in [0.29, 0.717) is 16.3 Å². The van der Waals surface area contributed by atoms with Crippen molar-refractivity contribution in [3.8, 4) is 5.69 Å². The van der Waals surface area contributed by atoms with Crippen molar-refractivity contribution in [1.82, 2.24) is 9.78 Å². The predicted octanol–water partition coefficient (Wildman–Crippen LogP) is 4.13. The van der Waals surface area contributed by atoms with Crippen LogP contribution >= 0.6 is 22.9 Å². The first kappa shape index (κ1) is 18.7. The zero-order valence-electron chi connectivity index (χ0n) is 15.3. The number of anilines is 1. The third kappa shape index (κ3) is 3.21. The van der Waals surface area contributed by atoms with E-state index in [1.165, 1.54) is 16.0 Å². The first-order chi connectivity index (χ1) is 13.5. The van der Waals surface area contributed by atoms with Crippen molar-refractivity contribution in [3.63, 3.8) is 0 Å². The molecule has 3 aromatic rings. The van der Waals surface area contributed by atoms with Crippen molar-refractivity contribution in [3.05, 3.63) is 62.7 Å². The monoisotopic (exact) mass is 414 g/mol. The average molecular weight is 415 g/mol. The van der Waals surface area contributed by atoms with Crippen LogP contribution in [0.1, 0.15) is 49.7 Å². The lowest BCUT2D eigenvalue weighted by atomic mass is 9.95. The Labute approximate surface area is 171 Å². The van der Waals surface area contributed by atoms with Crippen LogP contribution in [-0.4, -0.2) is 21.6 Å². The highest BCUT2D eigenvalue weighted by Crippen LogP contribution is 2.38. The van der Waals surface area contributed by atoms with Gasteiger partial charge in [0.2, 0.25) is 0 Å². The van der Waals surface area contributed by atoms with Crippen LogP contribution in [0.3, 0.4) is 0 Å². The molecule has 0 aliphatic heterocycles. The molecule has 0 radical (unpaired) electrons. The van der Waals surface area contributed by atoms with Crippen molar-refractivity contribution in [2.24, 2.45) is 5.73 Å². The second-order valence-corrected chi connectivity index (χ2v) is 8.20. The van der Waals surface area contributed by atoms with Gasteiger partial charge in [0.1, 0.15) is 15.7 Å². The minimum absolute atomic E-state index is 0.225. The third-order valence-corrected chi connectivity index (χ3v) is 6.43. The van der Waals surface area contributed by atoms with Crippen LogP contribution in [0.25, 0.3) is 5.69 Å². The molecule has 144 valence electrons. The molecule has 0 saturated heterocycles. The molecular weight excluding hydrogens is 396 g/mol. The number of aromatic nitrogens is 2. The number of nitrogens with two attached hydrogens (primary N) is 1. The van der Waals surface area contributed by atoms with Gasteiger partial charge in [-0.3, -0.25) is 9.59 Å². The molecule has 4 rings (SSSR count). The van der Waals surface area contributed by atoms with Crippen molar-refractivity contribution in [2.45, 2.75) is 32.6 Å². The van der Waals surface area contributed by atoms with Crippen LogP contribution in [0.2, 0.25) is 5.15 Å². The summed E-state index contributed by atoms with van der Waals surface area (Å²) >= 11 is 7.91. The van der Waals surface area contributed by atoms with Gasteiger partial charge in [0.05, 0.1) is 16.9 Å². The summed E-state index contributed by atoms with van der Waals surface area (Å²) < 4.78 is 1.53. The zero-order valence-corrected chi connectivity index (χ0v) is 16.9. The lowest BCUT2D eigenvalue weighted by Crippen LogP contribution is -2.19. The van der Waals surface area contributed by atoms with E-state index in [0.717, 1.165) is 41.8 Å². The molecule has 8 heteroatoms. The summed E-state index contributed by atoms with van der Waals surface area (Å²) in [5, 5.41) is 7.97. The number of hydrogen-bond donors (Lipinski definition) is 2. The number of halogens is 1. The number of hydrogen-bond acceptors (Lipinski definition) is 4. The Morgan fingerprint density at radius 1 is 1.18 bits per heavy atom. The maximum absolute atomic E-state index is 13.0. The molecule has 1 aromatic carbocycles. The highest BCUT2D eigenvalue weighted by atomic mass is 35.5. The maximum atomic E-state index is 13.0. The SMILES string of the molecule is Cc1nn(-c2ccccc2)c(Cl)c1C(=O)Nc1sc2c(c1C(N)=O)CCCC2. The number of benzene rings is 1. The molecule has 1 aliphatic rings. The van der Waals surface area contributed by atoms with Crippen LogP contribution in [0.15, 0.2) is 30.3 Å². The van der Waals surface area contributed by atoms with Crippen LogP contribution in [0, 0.1) is 6.92 Å². The smallest absolute Gasteiger partial charge is 0.261 e. The first-order valence-corrected chi connectivity index (χ1v) is 10.2. The molecular formula is C20H19ClN4O2S. The zero-order chi connectivity index (χ0) is 19.8. The van der Waals surface area contributed by atoms with E-state index in [4.69, 9.17) is 17.3 Å². The number of fused-ring (bicyclic) bond motifs is 1. The standard InChI is InChI=1S/C20H19ClN4O2S/c1-11-15(17(21)25(24-11)12-7-3-2-4-8-12)19(27)23-20-16(18(22)26)13-9-5-6-10-14(13)28-20/h2-4,7-8H,5-6,9-10H2,1H3,(H2,22,26)(H,23,27). The molecule has 6 nitrogen and oxygen atoms in total. The number of aryl methyl sites for hydroxylation is 2. The highest BCUT2D eigenvalue weighted by Gasteiger charge is 2.27. The molecule has 0 bridgehead atoms. The van der Waals surface area contributed by atoms with Crippen molar-refractivity contribution >= 4 is 39.8 Å². The Bertz CT molecular complexity index is 1070. The Kier molecular flexibility index (Phi) is 4.95. The normalized spacial score (nSPS) is 13.2. The maximum Gasteiger partial charge on any atom is 0.261 e. The molecule has 2 amide bonds. The number of rotatable bonds is 4. The molecule has 0 fully saturated rings. The van der Waals surface area contributed by atoms with E-state index in [1.54, 1.807) is 6.92 Å². The summed E-state index contributed by atoms with van der Waals surface area (Å²) in [6.45, 7) is 1.73. The fraction of sp³-hybridized carbons (Fsp3) is 0.250. The van der Waals surface area contributed by atoms with Gasteiger partial charge >= 0.3 is 0 Å². The van der Waals surface area contributed by atoms with E-state index in [-0.39, 0.29) is 10.7 Å². The minimum Gasteiger partial charge on any atom is -0.365 e. The van der Waals surface area contributed by atoms with Gasteiger partial charge in [-0.15, -0.1) is 11.3 Å². The number of carbonyl (C=O) groups is 2. The topological polar surface area (TPSA) is 90.0 Å². The van der Waals surface area contributed by atoms with Gasteiger partial charge in [-0.2, -0.15) is 5.10 Å². The fourth-order valence-electron chi connectivity index (χ4n) is 3.58. The molecule has 0 unspecified atom stereocenters. The van der Waals surface area contributed by atoms with E-state index < -0.39 is 11.8 Å². The number of primary amides is 1. The number of nitrogens with one attached hydrogen (secondary N) is 1. The molecule has 2 aromatic heterocycles. The quantitative estimate of drug-likeness (QED) is 0.672. The van der Waals surface area contributed by atoms with Crippen molar-refractivity contribution in [1.29, 1.82) is 0 Å². The number of amides is 2. The average Bonchev–Trinajstić information content (AvgIpc) is 3.18. The van der Waals surface area contributed by atoms with Gasteiger partial charge in [-0.05, 0) is 50.3 Å². The van der Waals surface area contributed by atoms with Gasteiger partial charge in [-0.1, -0.05) is 29.8 Å². The van der Waals surface area contributed by atoms with Crippen molar-refractivity contribution < 1.29 is 9.59 Å². The first-order valence-electron chi connectivity index (χ1n) is 9.03. The Hall–Kier alpha value is -2.64. The van der Waals surface area contributed by atoms with Crippen LogP contribution in [0.4, 0.5) is 5.00 Å². The number of nitrogens with zero attached hydrogens (tertiary/aromatic N) is 2. The van der Waals surface area contributed by atoms with Gasteiger partial charge in [0.25, 0.3) is 11.8 Å². The molecule has 0 spiro atoms. The summed E-state index contributed by atoms with van der Waals surface area (Å²) in [4.78, 5) is 26.1. The van der Waals surface area contributed by atoms with Crippen LogP contribution < -0.4 is 11.1 Å². The molecule has 0 atom stereocenters. The summed E-state index contributed by atoms with van der Waals surface area (Å²) in [5.41, 5.74) is 8.57. The van der Waals surface area contributed by atoms with Gasteiger partial charge < -0.3 is 11.1 Å². The van der Waals surface area contributed by atoms with E-state index in [2.05, 4.69) is 10.4 Å². The van der Waals surface area contributed by atoms with Crippen LogP contribution in [0.5, 0.6) is 0 Å². The van der Waals surface area contributed by atoms with Gasteiger partial charge in [-0.25, -0.2) is 4.68 Å². The predicted molar refractivity (Wildman–Crippen MR) is 111 cm³/mol. The Morgan fingerprint density at radius 3 is 2.61 bits per heavy atom. The Balaban J connectivity index is 1.70. The fourth-order valence-corrected chi connectivity index (χ4v) is 5.23. The highest BCUT2D eigenvalue weighted by molar-refractivity contribution is 7.17. The van der Waals surface area contributed by atoms with Crippen molar-refractivity contribution in [2.75, 3.05) is 5.32 Å². The van der Waals surface area contributed by atoms with Gasteiger partial charge in [0, 0.05) is 4.88 Å². The third-order valence-electron chi connectivity index (χ3n) is 4.88. The Morgan fingerprint density at radius 2 is 1.89 bits per heavy atom. The lowest BCUT2D eigenvalue weighted by Gasteiger charge is -2.11. The largest absolute Gasteiger partial charge is 0.365 e. The molecule has 3 N–H and O–H groups in total. The second kappa shape index (κ2) is 7.41. The lowest BCUT2D eigenvalue weighted by molar-refractivity contribution is 0.100. The number of thiophene rings is 1. The van der Waals surface area contributed by atoms with E-state index in [1.807, 2.05) is 30.3 Å². The molecule has 28 heavy (non-hydrogen) atoms. The minimum atomic E-state index is -0.516.